The Hall–Kier alpha value is -1.51. The second kappa shape index (κ2) is 6.60. The Labute approximate surface area is 119 Å². The van der Waals surface area contributed by atoms with Crippen molar-refractivity contribution in [3.8, 4) is 11.5 Å². The van der Waals surface area contributed by atoms with Crippen LogP contribution in [0.2, 0.25) is 5.02 Å². The maximum absolute atomic E-state index is 6.25. The summed E-state index contributed by atoms with van der Waals surface area (Å²) in [6.45, 7) is 5.88. The standard InChI is InChI=1S/C16H18ClNO/c1-3-18-11-13-7-8-16(15(17)10-13)19-14-6-4-5-12(2)9-14/h4-10,18H,3,11H2,1-2H3. The van der Waals surface area contributed by atoms with Crippen LogP contribution in [0.15, 0.2) is 42.5 Å². The summed E-state index contributed by atoms with van der Waals surface area (Å²) in [5.41, 5.74) is 2.32. The number of halogens is 1. The smallest absolute Gasteiger partial charge is 0.146 e. The van der Waals surface area contributed by atoms with Crippen LogP contribution < -0.4 is 10.1 Å². The number of nitrogens with one attached hydrogen (secondary N) is 1. The van der Waals surface area contributed by atoms with Crippen LogP contribution >= 0.6 is 11.6 Å². The highest BCUT2D eigenvalue weighted by molar-refractivity contribution is 6.32. The Morgan fingerprint density at radius 2 is 2.00 bits per heavy atom. The highest BCUT2D eigenvalue weighted by Gasteiger charge is 2.04. The molecule has 0 aliphatic rings. The minimum Gasteiger partial charge on any atom is -0.456 e. The van der Waals surface area contributed by atoms with Crippen molar-refractivity contribution in [2.24, 2.45) is 0 Å². The summed E-state index contributed by atoms with van der Waals surface area (Å²) in [5, 5.41) is 3.90. The van der Waals surface area contributed by atoms with E-state index in [1.54, 1.807) is 0 Å². The summed E-state index contributed by atoms with van der Waals surface area (Å²) in [4.78, 5) is 0. The summed E-state index contributed by atoms with van der Waals surface area (Å²) in [6.07, 6.45) is 0. The molecule has 0 heterocycles. The molecule has 0 saturated heterocycles. The Bertz CT molecular complexity index is 554. The van der Waals surface area contributed by atoms with E-state index < -0.39 is 0 Å². The fraction of sp³-hybridized carbons (Fsp3) is 0.250. The monoisotopic (exact) mass is 275 g/mol. The van der Waals surface area contributed by atoms with Gasteiger partial charge in [0.05, 0.1) is 5.02 Å². The van der Waals surface area contributed by atoms with Gasteiger partial charge in [0.1, 0.15) is 11.5 Å². The van der Waals surface area contributed by atoms with E-state index in [2.05, 4.69) is 12.2 Å². The largest absolute Gasteiger partial charge is 0.456 e. The van der Waals surface area contributed by atoms with Gasteiger partial charge >= 0.3 is 0 Å². The summed E-state index contributed by atoms with van der Waals surface area (Å²) < 4.78 is 5.80. The zero-order valence-corrected chi connectivity index (χ0v) is 12.0. The van der Waals surface area contributed by atoms with Crippen LogP contribution in [0, 0.1) is 6.92 Å². The Balaban J connectivity index is 2.13. The zero-order valence-electron chi connectivity index (χ0n) is 11.2. The van der Waals surface area contributed by atoms with Crippen molar-refractivity contribution in [2.45, 2.75) is 20.4 Å². The summed E-state index contributed by atoms with van der Waals surface area (Å²) in [5.74, 6) is 1.49. The predicted octanol–water partition coefficient (Wildman–Crippen LogP) is 4.55. The first-order valence-corrected chi connectivity index (χ1v) is 6.80. The van der Waals surface area contributed by atoms with Gasteiger partial charge in [-0.15, -0.1) is 0 Å². The average molecular weight is 276 g/mol. The molecule has 0 aliphatic carbocycles. The third-order valence-corrected chi connectivity index (χ3v) is 3.09. The van der Waals surface area contributed by atoms with E-state index >= 15 is 0 Å². The minimum atomic E-state index is 0.636. The molecule has 0 fully saturated rings. The lowest BCUT2D eigenvalue weighted by Gasteiger charge is -2.10. The zero-order chi connectivity index (χ0) is 13.7. The summed E-state index contributed by atoms with van der Waals surface area (Å²) in [6, 6.07) is 13.8. The van der Waals surface area contributed by atoms with Gasteiger partial charge in [-0.05, 0) is 48.9 Å². The Morgan fingerprint density at radius 1 is 1.16 bits per heavy atom. The first-order valence-electron chi connectivity index (χ1n) is 6.42. The van der Waals surface area contributed by atoms with E-state index in [1.165, 1.54) is 0 Å². The molecular weight excluding hydrogens is 258 g/mol. The number of benzene rings is 2. The van der Waals surface area contributed by atoms with E-state index in [9.17, 15) is 0 Å². The van der Waals surface area contributed by atoms with Gasteiger partial charge in [0, 0.05) is 6.54 Å². The van der Waals surface area contributed by atoms with Gasteiger partial charge in [0.25, 0.3) is 0 Å². The molecule has 0 atom stereocenters. The van der Waals surface area contributed by atoms with Gasteiger partial charge in [-0.3, -0.25) is 0 Å². The van der Waals surface area contributed by atoms with Crippen molar-refractivity contribution in [2.75, 3.05) is 6.54 Å². The van der Waals surface area contributed by atoms with Crippen molar-refractivity contribution in [1.82, 2.24) is 5.32 Å². The molecule has 19 heavy (non-hydrogen) atoms. The molecule has 0 saturated carbocycles. The van der Waals surface area contributed by atoms with Gasteiger partial charge < -0.3 is 10.1 Å². The first-order chi connectivity index (χ1) is 9.19. The third kappa shape index (κ3) is 3.98. The fourth-order valence-corrected chi connectivity index (χ4v) is 2.05. The van der Waals surface area contributed by atoms with E-state index in [1.807, 2.05) is 49.4 Å². The number of hydrogen-bond acceptors (Lipinski definition) is 2. The van der Waals surface area contributed by atoms with Crippen LogP contribution in [0.25, 0.3) is 0 Å². The second-order valence-corrected chi connectivity index (χ2v) is 4.87. The molecule has 0 bridgehead atoms. The van der Waals surface area contributed by atoms with Gasteiger partial charge in [0.2, 0.25) is 0 Å². The Kier molecular flexibility index (Phi) is 4.83. The minimum absolute atomic E-state index is 0.636. The normalized spacial score (nSPS) is 10.5. The fourth-order valence-electron chi connectivity index (χ4n) is 1.81. The molecule has 0 spiro atoms. The van der Waals surface area contributed by atoms with Gasteiger partial charge in [-0.2, -0.15) is 0 Å². The van der Waals surface area contributed by atoms with Crippen LogP contribution in [0.1, 0.15) is 18.1 Å². The molecule has 0 aromatic heterocycles. The molecule has 0 unspecified atom stereocenters. The maximum atomic E-state index is 6.25. The van der Waals surface area contributed by atoms with Crippen LogP contribution in [0.3, 0.4) is 0 Å². The SMILES string of the molecule is CCNCc1ccc(Oc2cccc(C)c2)c(Cl)c1. The van der Waals surface area contributed by atoms with Gasteiger partial charge in [-0.25, -0.2) is 0 Å². The lowest BCUT2D eigenvalue weighted by molar-refractivity contribution is 0.482. The topological polar surface area (TPSA) is 21.3 Å². The molecule has 1 N–H and O–H groups in total. The average Bonchev–Trinajstić information content (AvgIpc) is 2.39. The van der Waals surface area contributed by atoms with Crippen LogP contribution in [-0.2, 0) is 6.54 Å². The van der Waals surface area contributed by atoms with Crippen molar-refractivity contribution in [3.05, 3.63) is 58.6 Å². The van der Waals surface area contributed by atoms with Crippen molar-refractivity contribution < 1.29 is 4.74 Å². The summed E-state index contributed by atoms with van der Waals surface area (Å²) >= 11 is 6.25. The molecule has 100 valence electrons. The maximum Gasteiger partial charge on any atom is 0.146 e. The molecule has 2 aromatic carbocycles. The number of ether oxygens (including phenoxy) is 1. The van der Waals surface area contributed by atoms with E-state index in [0.29, 0.717) is 10.8 Å². The molecule has 3 heteroatoms. The molecule has 0 aliphatic heterocycles. The third-order valence-electron chi connectivity index (χ3n) is 2.79. The van der Waals surface area contributed by atoms with Crippen LogP contribution in [-0.4, -0.2) is 6.54 Å². The highest BCUT2D eigenvalue weighted by atomic mass is 35.5. The van der Waals surface area contributed by atoms with Gasteiger partial charge in [0.15, 0.2) is 0 Å². The highest BCUT2D eigenvalue weighted by Crippen LogP contribution is 2.30. The molecule has 0 amide bonds. The molecule has 0 radical (unpaired) electrons. The number of aryl methyl sites for hydroxylation is 1. The quantitative estimate of drug-likeness (QED) is 0.864. The van der Waals surface area contributed by atoms with E-state index in [-0.39, 0.29) is 0 Å². The van der Waals surface area contributed by atoms with Crippen molar-refractivity contribution in [3.63, 3.8) is 0 Å². The van der Waals surface area contributed by atoms with Crippen molar-refractivity contribution in [1.29, 1.82) is 0 Å². The second-order valence-electron chi connectivity index (χ2n) is 4.46. The first kappa shape index (κ1) is 13.9. The Morgan fingerprint density at radius 3 is 2.68 bits per heavy atom. The molecule has 2 rings (SSSR count). The molecule has 2 aromatic rings. The van der Waals surface area contributed by atoms with E-state index in [4.69, 9.17) is 16.3 Å². The predicted molar refractivity (Wildman–Crippen MR) is 80.1 cm³/mol. The number of rotatable bonds is 5. The molecule has 2 nitrogen and oxygen atoms in total. The molecular formula is C16H18ClNO. The summed E-state index contributed by atoms with van der Waals surface area (Å²) in [7, 11) is 0. The number of hydrogen-bond donors (Lipinski definition) is 1. The van der Waals surface area contributed by atoms with Crippen molar-refractivity contribution >= 4 is 11.6 Å². The van der Waals surface area contributed by atoms with Gasteiger partial charge in [-0.1, -0.05) is 36.7 Å². The lowest BCUT2D eigenvalue weighted by atomic mass is 10.2. The van der Waals surface area contributed by atoms with Crippen LogP contribution in [0.4, 0.5) is 0 Å². The van der Waals surface area contributed by atoms with Crippen LogP contribution in [0.5, 0.6) is 11.5 Å². The van der Waals surface area contributed by atoms with E-state index in [0.717, 1.165) is 30.0 Å². The lowest BCUT2D eigenvalue weighted by Crippen LogP contribution is -2.11.